The van der Waals surface area contributed by atoms with Crippen molar-refractivity contribution in [1.82, 2.24) is 16.0 Å². The van der Waals surface area contributed by atoms with Crippen LogP contribution in [0.1, 0.15) is 32.3 Å². The lowest BCUT2D eigenvalue weighted by Crippen LogP contribution is -2.54. The predicted octanol–water partition coefficient (Wildman–Crippen LogP) is 0.343. The fourth-order valence-electron chi connectivity index (χ4n) is 2.64. The molecule has 2 unspecified atom stereocenters. The zero-order valence-corrected chi connectivity index (χ0v) is 17.0. The number of aliphatic hydroxyl groups excluding tert-OH is 1. The van der Waals surface area contributed by atoms with Crippen LogP contribution in [0.4, 0.5) is 15.3 Å². The van der Waals surface area contributed by atoms with Crippen molar-refractivity contribution in [3.05, 3.63) is 29.8 Å². The topological polar surface area (TPSA) is 183 Å². The highest BCUT2D eigenvalue weighted by Crippen LogP contribution is 2.11. The van der Waals surface area contributed by atoms with Gasteiger partial charge in [0.25, 0.3) is 0 Å². The summed E-state index contributed by atoms with van der Waals surface area (Å²) in [6.07, 6.45) is -0.812. The van der Waals surface area contributed by atoms with Crippen LogP contribution < -0.4 is 27.0 Å². The molecule has 0 bridgehead atoms. The molecule has 11 heteroatoms. The number of hydrogen-bond acceptors (Lipinski definition) is 5. The fraction of sp³-hybridized carbons (Fsp3) is 0.474. The van der Waals surface area contributed by atoms with Gasteiger partial charge in [-0.3, -0.25) is 9.59 Å². The van der Waals surface area contributed by atoms with Crippen LogP contribution in [0.3, 0.4) is 0 Å². The number of nitrogens with two attached hydrogens (primary N) is 1. The van der Waals surface area contributed by atoms with Gasteiger partial charge in [-0.05, 0) is 36.5 Å². The molecule has 0 aromatic heterocycles. The zero-order valence-electron chi connectivity index (χ0n) is 17.0. The number of rotatable bonds is 11. The maximum absolute atomic E-state index is 12.7. The third-order valence-electron chi connectivity index (χ3n) is 4.23. The maximum atomic E-state index is 12.7. The van der Waals surface area contributed by atoms with Crippen molar-refractivity contribution in [2.45, 2.75) is 45.4 Å². The minimum absolute atomic E-state index is 0.132. The van der Waals surface area contributed by atoms with E-state index in [2.05, 4.69) is 21.3 Å². The van der Waals surface area contributed by atoms with Gasteiger partial charge in [-0.2, -0.15) is 0 Å². The molecule has 2 atom stereocenters. The lowest BCUT2D eigenvalue weighted by molar-refractivity contribution is -0.128. The number of amides is 5. The molecule has 0 radical (unpaired) electrons. The average Bonchev–Trinajstić information content (AvgIpc) is 2.68. The zero-order chi connectivity index (χ0) is 22.7. The minimum atomic E-state index is -1.35. The summed E-state index contributed by atoms with van der Waals surface area (Å²) in [7, 11) is 0. The smallest absolute Gasteiger partial charge is 0.405 e. The molecule has 5 amide bonds. The Labute approximate surface area is 174 Å². The second-order valence-corrected chi connectivity index (χ2v) is 7.01. The first-order valence-corrected chi connectivity index (χ1v) is 9.47. The molecule has 11 nitrogen and oxygen atoms in total. The van der Waals surface area contributed by atoms with Crippen molar-refractivity contribution >= 4 is 29.6 Å². The highest BCUT2D eigenvalue weighted by atomic mass is 16.4. The average molecular weight is 423 g/mol. The first-order valence-electron chi connectivity index (χ1n) is 9.47. The second-order valence-electron chi connectivity index (χ2n) is 7.01. The van der Waals surface area contributed by atoms with Crippen LogP contribution in [0, 0.1) is 5.92 Å². The molecule has 8 N–H and O–H groups in total. The van der Waals surface area contributed by atoms with Crippen molar-refractivity contribution in [2.75, 3.05) is 11.9 Å². The molecule has 1 aromatic rings. The Balaban J connectivity index is 2.87. The summed E-state index contributed by atoms with van der Waals surface area (Å²) < 4.78 is 0. The standard InChI is InChI=1S/C19H29N5O6/c1-11(2)15(24-19(29)30)17(27)23-14(4-3-9-21-18(20)28)16(26)22-13-7-5-12(10-25)6-8-13/h5-8,11,14-15,24-25H,3-4,9-10H2,1-2H3,(H,22,26)(H,23,27)(H,29,30)(H3,20,21,28). The van der Waals surface area contributed by atoms with Crippen LogP contribution in [0.2, 0.25) is 0 Å². The monoisotopic (exact) mass is 423 g/mol. The van der Waals surface area contributed by atoms with E-state index in [4.69, 9.17) is 15.9 Å². The Hall–Kier alpha value is -3.34. The third kappa shape index (κ3) is 8.78. The molecule has 0 fully saturated rings. The highest BCUT2D eigenvalue weighted by molar-refractivity contribution is 5.98. The summed E-state index contributed by atoms with van der Waals surface area (Å²) in [5.41, 5.74) is 6.16. The second kappa shape index (κ2) is 12.3. The van der Waals surface area contributed by atoms with Crippen molar-refractivity contribution in [2.24, 2.45) is 11.7 Å². The Kier molecular flexibility index (Phi) is 10.1. The van der Waals surface area contributed by atoms with Gasteiger partial charge >= 0.3 is 12.1 Å². The Morgan fingerprint density at radius 3 is 2.17 bits per heavy atom. The summed E-state index contributed by atoms with van der Waals surface area (Å²) >= 11 is 0. The van der Waals surface area contributed by atoms with Gasteiger partial charge in [0.05, 0.1) is 6.61 Å². The van der Waals surface area contributed by atoms with E-state index < -0.39 is 36.0 Å². The third-order valence-corrected chi connectivity index (χ3v) is 4.23. The van der Waals surface area contributed by atoms with E-state index in [-0.39, 0.29) is 25.5 Å². The van der Waals surface area contributed by atoms with Crippen molar-refractivity contribution in [1.29, 1.82) is 0 Å². The first kappa shape index (κ1) is 24.7. The predicted molar refractivity (Wildman–Crippen MR) is 110 cm³/mol. The van der Waals surface area contributed by atoms with Gasteiger partial charge < -0.3 is 37.2 Å². The molecule has 166 valence electrons. The van der Waals surface area contributed by atoms with E-state index >= 15 is 0 Å². The number of benzene rings is 1. The van der Waals surface area contributed by atoms with Crippen LogP contribution >= 0.6 is 0 Å². The van der Waals surface area contributed by atoms with Crippen molar-refractivity contribution in [3.8, 4) is 0 Å². The number of urea groups is 1. The minimum Gasteiger partial charge on any atom is -0.465 e. The summed E-state index contributed by atoms with van der Waals surface area (Å²) in [5, 5.41) is 27.8. The SMILES string of the molecule is CC(C)C(NC(=O)O)C(=O)NC(CCCNC(N)=O)C(=O)Nc1ccc(CO)cc1. The molecule has 0 aliphatic carbocycles. The molecule has 30 heavy (non-hydrogen) atoms. The van der Waals surface area contributed by atoms with Crippen LogP contribution in [-0.4, -0.2) is 52.8 Å². The van der Waals surface area contributed by atoms with Crippen molar-refractivity contribution < 1.29 is 29.4 Å². The number of aliphatic hydroxyl groups is 1. The Morgan fingerprint density at radius 2 is 1.67 bits per heavy atom. The summed E-state index contributed by atoms with van der Waals surface area (Å²) in [6, 6.07) is 3.80. The summed E-state index contributed by atoms with van der Waals surface area (Å²) in [4.78, 5) is 47.1. The van der Waals surface area contributed by atoms with Gasteiger partial charge in [-0.15, -0.1) is 0 Å². The van der Waals surface area contributed by atoms with E-state index in [9.17, 15) is 19.2 Å². The van der Waals surface area contributed by atoms with Gasteiger partial charge in [0.15, 0.2) is 0 Å². The van der Waals surface area contributed by atoms with Gasteiger partial charge in [-0.25, -0.2) is 9.59 Å². The fourth-order valence-corrected chi connectivity index (χ4v) is 2.64. The Morgan fingerprint density at radius 1 is 1.03 bits per heavy atom. The Bertz CT molecular complexity index is 737. The van der Waals surface area contributed by atoms with Gasteiger partial charge in [0.1, 0.15) is 12.1 Å². The molecule has 0 heterocycles. The lowest BCUT2D eigenvalue weighted by atomic mass is 10.0. The lowest BCUT2D eigenvalue weighted by Gasteiger charge is -2.24. The number of carboxylic acid groups (broad SMARTS) is 1. The molecule has 0 aliphatic heterocycles. The first-order chi connectivity index (χ1) is 14.1. The van der Waals surface area contributed by atoms with Gasteiger partial charge in [0, 0.05) is 12.2 Å². The highest BCUT2D eigenvalue weighted by Gasteiger charge is 2.28. The summed E-state index contributed by atoms with van der Waals surface area (Å²) in [5.74, 6) is -1.48. The van der Waals surface area contributed by atoms with E-state index in [1.165, 1.54) is 0 Å². The molecule has 0 aliphatic rings. The largest absolute Gasteiger partial charge is 0.465 e. The number of primary amides is 1. The molecular weight excluding hydrogens is 394 g/mol. The number of hydrogen-bond donors (Lipinski definition) is 7. The summed E-state index contributed by atoms with van der Waals surface area (Å²) in [6.45, 7) is 3.43. The number of nitrogens with one attached hydrogen (secondary N) is 4. The number of carbonyl (C=O) groups is 4. The molecule has 0 saturated carbocycles. The van der Waals surface area contributed by atoms with Crippen LogP contribution in [-0.2, 0) is 16.2 Å². The maximum Gasteiger partial charge on any atom is 0.405 e. The molecule has 1 rings (SSSR count). The van der Waals surface area contributed by atoms with Crippen LogP contribution in [0.25, 0.3) is 0 Å². The van der Waals surface area contributed by atoms with Crippen molar-refractivity contribution in [3.63, 3.8) is 0 Å². The number of carbonyl (C=O) groups excluding carboxylic acids is 3. The van der Waals surface area contributed by atoms with Gasteiger partial charge in [0.2, 0.25) is 11.8 Å². The van der Waals surface area contributed by atoms with Crippen LogP contribution in [0.15, 0.2) is 24.3 Å². The number of anilines is 1. The van der Waals surface area contributed by atoms with Gasteiger partial charge in [-0.1, -0.05) is 26.0 Å². The van der Waals surface area contributed by atoms with E-state index in [1.54, 1.807) is 38.1 Å². The quantitative estimate of drug-likeness (QED) is 0.252. The van der Waals surface area contributed by atoms with E-state index in [1.807, 2.05) is 0 Å². The molecule has 0 saturated heterocycles. The molecular formula is C19H29N5O6. The normalized spacial score (nSPS) is 12.5. The molecule has 1 aromatic carbocycles. The van der Waals surface area contributed by atoms with E-state index in [0.29, 0.717) is 17.7 Å². The van der Waals surface area contributed by atoms with E-state index in [0.717, 1.165) is 0 Å². The van der Waals surface area contributed by atoms with Crippen LogP contribution in [0.5, 0.6) is 0 Å². The molecule has 0 spiro atoms.